The fourth-order valence-corrected chi connectivity index (χ4v) is 4.26. The number of nitrogens with one attached hydrogen (secondary N) is 1. The van der Waals surface area contributed by atoms with Crippen LogP contribution in [0.5, 0.6) is 5.75 Å². The lowest BCUT2D eigenvalue weighted by atomic mass is 10.0. The quantitative estimate of drug-likeness (QED) is 0.780. The first-order valence-corrected chi connectivity index (χ1v) is 9.24. The van der Waals surface area contributed by atoms with E-state index >= 15 is 0 Å². The molecule has 1 atom stereocenters. The zero-order valence-electron chi connectivity index (χ0n) is 13.3. The molecule has 1 saturated carbocycles. The predicted molar refractivity (Wildman–Crippen MR) is 91.2 cm³/mol. The molecule has 21 heavy (non-hydrogen) atoms. The van der Waals surface area contributed by atoms with Crippen molar-refractivity contribution in [3.63, 3.8) is 0 Å². The number of ether oxygens (including phenoxy) is 1. The van der Waals surface area contributed by atoms with Gasteiger partial charge >= 0.3 is 0 Å². The Kier molecular flexibility index (Phi) is 7.37. The SMILES string of the molecule is CCCNC(CSC1CCCCC1)c1ncccc1OC. The lowest BCUT2D eigenvalue weighted by Crippen LogP contribution is -2.26. The van der Waals surface area contributed by atoms with Crippen molar-refractivity contribution in [1.82, 2.24) is 10.3 Å². The maximum Gasteiger partial charge on any atom is 0.142 e. The third kappa shape index (κ3) is 5.19. The van der Waals surface area contributed by atoms with E-state index in [4.69, 9.17) is 4.74 Å². The maximum absolute atomic E-state index is 5.49. The van der Waals surface area contributed by atoms with Gasteiger partial charge in [0, 0.05) is 17.2 Å². The second-order valence-corrected chi connectivity index (χ2v) is 7.02. The van der Waals surface area contributed by atoms with Crippen molar-refractivity contribution >= 4 is 11.8 Å². The second kappa shape index (κ2) is 9.31. The molecule has 1 unspecified atom stereocenters. The molecule has 1 heterocycles. The number of hydrogen-bond acceptors (Lipinski definition) is 4. The average molecular weight is 308 g/mol. The smallest absolute Gasteiger partial charge is 0.142 e. The fourth-order valence-electron chi connectivity index (χ4n) is 2.85. The average Bonchev–Trinajstić information content (AvgIpc) is 2.56. The van der Waals surface area contributed by atoms with Gasteiger partial charge < -0.3 is 10.1 Å². The van der Waals surface area contributed by atoms with Crippen LogP contribution in [0.1, 0.15) is 57.2 Å². The number of nitrogens with zero attached hydrogens (tertiary/aromatic N) is 1. The van der Waals surface area contributed by atoms with Gasteiger partial charge in [-0.05, 0) is 37.9 Å². The summed E-state index contributed by atoms with van der Waals surface area (Å²) in [5.41, 5.74) is 1.05. The molecule has 0 bridgehead atoms. The van der Waals surface area contributed by atoms with Crippen LogP contribution in [-0.4, -0.2) is 29.6 Å². The van der Waals surface area contributed by atoms with Gasteiger partial charge in [-0.15, -0.1) is 0 Å². The molecule has 1 aromatic heterocycles. The molecule has 118 valence electrons. The summed E-state index contributed by atoms with van der Waals surface area (Å²) in [5, 5.41) is 4.47. The van der Waals surface area contributed by atoms with Crippen LogP contribution in [0.15, 0.2) is 18.3 Å². The van der Waals surface area contributed by atoms with Gasteiger partial charge in [0.1, 0.15) is 5.75 Å². The van der Waals surface area contributed by atoms with Crippen molar-refractivity contribution in [1.29, 1.82) is 0 Å². The van der Waals surface area contributed by atoms with Gasteiger partial charge in [-0.1, -0.05) is 26.2 Å². The van der Waals surface area contributed by atoms with Crippen molar-refractivity contribution in [3.05, 3.63) is 24.0 Å². The van der Waals surface area contributed by atoms with Gasteiger partial charge in [-0.3, -0.25) is 4.98 Å². The fraction of sp³-hybridized carbons (Fsp3) is 0.706. The Hall–Kier alpha value is -0.740. The minimum atomic E-state index is 0.285. The number of methoxy groups -OCH3 is 1. The summed E-state index contributed by atoms with van der Waals surface area (Å²) in [4.78, 5) is 4.57. The van der Waals surface area contributed by atoms with Crippen molar-refractivity contribution in [2.75, 3.05) is 19.4 Å². The first-order chi connectivity index (χ1) is 10.3. The number of rotatable bonds is 8. The van der Waals surface area contributed by atoms with E-state index in [9.17, 15) is 0 Å². The van der Waals surface area contributed by atoms with E-state index in [0.29, 0.717) is 0 Å². The van der Waals surface area contributed by atoms with Crippen LogP contribution in [0.2, 0.25) is 0 Å². The molecule has 0 amide bonds. The topological polar surface area (TPSA) is 34.2 Å². The molecule has 1 fully saturated rings. The highest BCUT2D eigenvalue weighted by atomic mass is 32.2. The Morgan fingerprint density at radius 2 is 2.19 bits per heavy atom. The Labute approximate surface area is 133 Å². The lowest BCUT2D eigenvalue weighted by Gasteiger charge is -2.25. The van der Waals surface area contributed by atoms with Gasteiger partial charge in [0.15, 0.2) is 0 Å². The molecular formula is C17H28N2OS. The molecule has 2 rings (SSSR count). The van der Waals surface area contributed by atoms with E-state index < -0.39 is 0 Å². The van der Waals surface area contributed by atoms with E-state index in [1.54, 1.807) is 7.11 Å². The van der Waals surface area contributed by atoms with Gasteiger partial charge in [0.2, 0.25) is 0 Å². The molecule has 1 aliphatic rings. The largest absolute Gasteiger partial charge is 0.495 e. The predicted octanol–water partition coefficient (Wildman–Crippen LogP) is 4.20. The summed E-state index contributed by atoms with van der Waals surface area (Å²) >= 11 is 2.11. The molecule has 3 nitrogen and oxygen atoms in total. The van der Waals surface area contributed by atoms with Crippen LogP contribution in [0.25, 0.3) is 0 Å². The minimum absolute atomic E-state index is 0.285. The number of thioether (sulfide) groups is 1. The molecule has 0 saturated heterocycles. The van der Waals surface area contributed by atoms with E-state index in [2.05, 4.69) is 29.0 Å². The summed E-state index contributed by atoms with van der Waals surface area (Å²) < 4.78 is 5.49. The maximum atomic E-state index is 5.49. The standard InChI is InChI=1S/C17H28N2OS/c1-3-11-18-15(13-21-14-8-5-4-6-9-14)17-16(20-2)10-7-12-19-17/h7,10,12,14-15,18H,3-6,8-9,11,13H2,1-2H3. The molecule has 0 spiro atoms. The van der Waals surface area contributed by atoms with Crippen LogP contribution >= 0.6 is 11.8 Å². The molecule has 0 radical (unpaired) electrons. The molecule has 4 heteroatoms. The van der Waals surface area contributed by atoms with E-state index in [-0.39, 0.29) is 6.04 Å². The number of pyridine rings is 1. The Bertz CT molecular complexity index is 408. The summed E-state index contributed by atoms with van der Waals surface area (Å²) in [6, 6.07) is 4.23. The van der Waals surface area contributed by atoms with Crippen molar-refractivity contribution < 1.29 is 4.74 Å². The van der Waals surface area contributed by atoms with Crippen molar-refractivity contribution in [2.24, 2.45) is 0 Å². The highest BCUT2D eigenvalue weighted by Gasteiger charge is 2.20. The summed E-state index contributed by atoms with van der Waals surface area (Å²) in [6.45, 7) is 3.23. The zero-order chi connectivity index (χ0) is 14.9. The van der Waals surface area contributed by atoms with Crippen LogP contribution in [0, 0.1) is 0 Å². The van der Waals surface area contributed by atoms with Gasteiger partial charge in [-0.25, -0.2) is 0 Å². The summed E-state index contributed by atoms with van der Waals surface area (Å²) in [7, 11) is 1.73. The minimum Gasteiger partial charge on any atom is -0.495 e. The van der Waals surface area contributed by atoms with Crippen molar-refractivity contribution in [3.8, 4) is 5.75 Å². The zero-order valence-corrected chi connectivity index (χ0v) is 14.1. The first-order valence-electron chi connectivity index (χ1n) is 8.19. The van der Waals surface area contributed by atoms with Gasteiger partial charge in [0.25, 0.3) is 0 Å². The number of hydrogen-bond donors (Lipinski definition) is 1. The highest BCUT2D eigenvalue weighted by molar-refractivity contribution is 7.99. The second-order valence-electron chi connectivity index (χ2n) is 5.69. The molecule has 0 aromatic carbocycles. The molecule has 1 aromatic rings. The summed E-state index contributed by atoms with van der Waals surface area (Å²) in [6.07, 6.45) is 9.98. The number of aromatic nitrogens is 1. The van der Waals surface area contributed by atoms with Crippen LogP contribution in [-0.2, 0) is 0 Å². The normalized spacial score (nSPS) is 17.6. The molecule has 1 aliphatic carbocycles. The summed E-state index contributed by atoms with van der Waals surface area (Å²) in [5.74, 6) is 1.98. The van der Waals surface area contributed by atoms with E-state index in [1.807, 2.05) is 18.3 Å². The lowest BCUT2D eigenvalue weighted by molar-refractivity contribution is 0.397. The highest BCUT2D eigenvalue weighted by Crippen LogP contribution is 2.32. The van der Waals surface area contributed by atoms with E-state index in [0.717, 1.165) is 35.4 Å². The Morgan fingerprint density at radius 1 is 1.38 bits per heavy atom. The van der Waals surface area contributed by atoms with Crippen LogP contribution in [0.4, 0.5) is 0 Å². The monoisotopic (exact) mass is 308 g/mol. The Morgan fingerprint density at radius 3 is 2.90 bits per heavy atom. The van der Waals surface area contributed by atoms with Crippen molar-refractivity contribution in [2.45, 2.75) is 56.7 Å². The van der Waals surface area contributed by atoms with Gasteiger partial charge in [-0.2, -0.15) is 11.8 Å². The molecule has 1 N–H and O–H groups in total. The molecule has 0 aliphatic heterocycles. The molecular weight excluding hydrogens is 280 g/mol. The Balaban J connectivity index is 1.99. The third-order valence-corrected chi connectivity index (χ3v) is 5.51. The van der Waals surface area contributed by atoms with Crippen LogP contribution < -0.4 is 10.1 Å². The van der Waals surface area contributed by atoms with E-state index in [1.165, 1.54) is 32.1 Å². The third-order valence-electron chi connectivity index (χ3n) is 4.04. The van der Waals surface area contributed by atoms with Gasteiger partial charge in [0.05, 0.1) is 18.8 Å². The first kappa shape index (κ1) is 16.6. The van der Waals surface area contributed by atoms with Crippen LogP contribution in [0.3, 0.4) is 0 Å².